The van der Waals surface area contributed by atoms with E-state index < -0.39 is 11.9 Å². The van der Waals surface area contributed by atoms with Crippen molar-refractivity contribution in [2.24, 2.45) is 0 Å². The van der Waals surface area contributed by atoms with Crippen LogP contribution in [0.15, 0.2) is 36.8 Å². The summed E-state index contributed by atoms with van der Waals surface area (Å²) in [6.45, 7) is 4.63. The Morgan fingerprint density at radius 1 is 1.17 bits per heavy atom. The number of aromatic nitrogens is 3. The van der Waals surface area contributed by atoms with Gasteiger partial charge in [0.1, 0.15) is 6.54 Å². The molecule has 0 saturated carbocycles. The van der Waals surface area contributed by atoms with Gasteiger partial charge in [0.05, 0.1) is 13.2 Å². The molecule has 2 aromatic rings. The van der Waals surface area contributed by atoms with Gasteiger partial charge in [-0.2, -0.15) is 18.3 Å². The molecule has 0 atom stereocenters. The molecule has 158 valence electrons. The molecule has 0 N–H and O–H groups in total. The van der Waals surface area contributed by atoms with Crippen LogP contribution in [0.2, 0.25) is 0 Å². The summed E-state index contributed by atoms with van der Waals surface area (Å²) >= 11 is 0. The molecule has 0 aromatic carbocycles. The van der Waals surface area contributed by atoms with E-state index in [9.17, 15) is 18.0 Å². The van der Waals surface area contributed by atoms with Crippen molar-refractivity contribution in [3.63, 3.8) is 0 Å². The molecule has 1 saturated heterocycles. The summed E-state index contributed by atoms with van der Waals surface area (Å²) in [4.78, 5) is 20.7. The molecular formula is C19H24F3N5O2. The molecule has 0 radical (unpaired) electrons. The summed E-state index contributed by atoms with van der Waals surface area (Å²) in [7, 11) is 0. The molecular weight excluding hydrogens is 387 g/mol. The van der Waals surface area contributed by atoms with Crippen LogP contribution in [-0.4, -0.2) is 69.9 Å². The van der Waals surface area contributed by atoms with E-state index in [0.29, 0.717) is 26.3 Å². The minimum atomic E-state index is -4.52. The Labute approximate surface area is 167 Å². The third-order valence-electron chi connectivity index (χ3n) is 4.71. The van der Waals surface area contributed by atoms with Crippen LogP contribution in [0.4, 0.5) is 13.2 Å². The second kappa shape index (κ2) is 9.84. The van der Waals surface area contributed by atoms with Crippen LogP contribution in [0.3, 0.4) is 0 Å². The molecule has 0 aliphatic carbocycles. The van der Waals surface area contributed by atoms with Crippen molar-refractivity contribution < 1.29 is 22.7 Å². The zero-order valence-electron chi connectivity index (χ0n) is 16.0. The lowest BCUT2D eigenvalue weighted by Crippen LogP contribution is -2.39. The number of hydrogen-bond donors (Lipinski definition) is 0. The van der Waals surface area contributed by atoms with Gasteiger partial charge in [0, 0.05) is 51.3 Å². The lowest BCUT2D eigenvalue weighted by Gasteiger charge is -2.28. The Hall–Kier alpha value is -2.46. The number of rotatable bonds is 8. The van der Waals surface area contributed by atoms with Crippen LogP contribution < -0.4 is 0 Å². The van der Waals surface area contributed by atoms with E-state index in [2.05, 4.69) is 15.0 Å². The normalized spacial score (nSPS) is 15.4. The standard InChI is InChI=1S/C19H24F3N5O2/c20-19(21,22)17-4-9-27(24-17)15-18(28)26(14-16-2-5-23-6-3-16)8-1-7-25-10-12-29-13-11-25/h2-6,9H,1,7-8,10-15H2. The SMILES string of the molecule is O=C(Cn1ccc(C(F)(F)F)n1)N(CCCN1CCOCC1)Cc1ccncc1. The second-order valence-corrected chi connectivity index (χ2v) is 6.87. The maximum atomic E-state index is 12.8. The summed E-state index contributed by atoms with van der Waals surface area (Å²) < 4.78 is 44.6. The summed E-state index contributed by atoms with van der Waals surface area (Å²) in [6, 6.07) is 4.51. The number of carbonyl (C=O) groups is 1. The number of halogens is 3. The highest BCUT2D eigenvalue weighted by Gasteiger charge is 2.33. The highest BCUT2D eigenvalue weighted by atomic mass is 19.4. The number of carbonyl (C=O) groups excluding carboxylic acids is 1. The van der Waals surface area contributed by atoms with Crippen molar-refractivity contribution in [1.29, 1.82) is 0 Å². The van der Waals surface area contributed by atoms with Gasteiger partial charge in [-0.15, -0.1) is 0 Å². The van der Waals surface area contributed by atoms with Gasteiger partial charge >= 0.3 is 6.18 Å². The zero-order chi connectivity index (χ0) is 20.7. The first-order chi connectivity index (χ1) is 13.9. The third kappa shape index (κ3) is 6.53. The molecule has 0 spiro atoms. The van der Waals surface area contributed by atoms with Crippen LogP contribution in [-0.2, 0) is 28.8 Å². The number of morpholine rings is 1. The van der Waals surface area contributed by atoms with Crippen molar-refractivity contribution >= 4 is 5.91 Å². The molecule has 1 aliphatic rings. The summed E-state index contributed by atoms with van der Waals surface area (Å²) in [5.41, 5.74) is -0.0885. The van der Waals surface area contributed by atoms with E-state index in [1.54, 1.807) is 17.3 Å². The maximum absolute atomic E-state index is 12.8. The van der Waals surface area contributed by atoms with Gasteiger partial charge < -0.3 is 9.64 Å². The highest BCUT2D eigenvalue weighted by molar-refractivity contribution is 5.75. The Morgan fingerprint density at radius 2 is 1.90 bits per heavy atom. The topological polar surface area (TPSA) is 63.5 Å². The summed E-state index contributed by atoms with van der Waals surface area (Å²) in [5.74, 6) is -0.277. The van der Waals surface area contributed by atoms with E-state index in [0.717, 1.165) is 42.4 Å². The Balaban J connectivity index is 1.61. The second-order valence-electron chi connectivity index (χ2n) is 6.87. The number of alkyl halides is 3. The fourth-order valence-corrected chi connectivity index (χ4v) is 3.15. The first kappa shape index (κ1) is 21.3. The molecule has 3 heterocycles. The molecule has 2 aromatic heterocycles. The van der Waals surface area contributed by atoms with Crippen LogP contribution >= 0.6 is 0 Å². The molecule has 29 heavy (non-hydrogen) atoms. The molecule has 1 aliphatic heterocycles. The van der Waals surface area contributed by atoms with E-state index in [4.69, 9.17) is 4.74 Å². The Morgan fingerprint density at radius 3 is 2.55 bits per heavy atom. The van der Waals surface area contributed by atoms with Crippen LogP contribution in [0, 0.1) is 0 Å². The van der Waals surface area contributed by atoms with Crippen molar-refractivity contribution in [2.75, 3.05) is 39.4 Å². The molecule has 10 heteroatoms. The molecule has 7 nitrogen and oxygen atoms in total. The maximum Gasteiger partial charge on any atom is 0.435 e. The molecule has 0 bridgehead atoms. The van der Waals surface area contributed by atoms with Gasteiger partial charge in [-0.05, 0) is 30.2 Å². The quantitative estimate of drug-likeness (QED) is 0.665. The minimum absolute atomic E-state index is 0.237. The summed E-state index contributed by atoms with van der Waals surface area (Å²) in [6.07, 6.45) is 0.718. The molecule has 3 rings (SSSR count). The van der Waals surface area contributed by atoms with Gasteiger partial charge in [-0.3, -0.25) is 19.4 Å². The van der Waals surface area contributed by atoms with Crippen LogP contribution in [0.1, 0.15) is 17.7 Å². The average Bonchev–Trinajstić information content (AvgIpc) is 3.18. The van der Waals surface area contributed by atoms with Gasteiger partial charge in [0.15, 0.2) is 5.69 Å². The van der Waals surface area contributed by atoms with Crippen molar-refractivity contribution in [3.05, 3.63) is 48.0 Å². The van der Waals surface area contributed by atoms with E-state index in [1.165, 1.54) is 6.20 Å². The van der Waals surface area contributed by atoms with Gasteiger partial charge in [0.25, 0.3) is 0 Å². The fourth-order valence-electron chi connectivity index (χ4n) is 3.15. The zero-order valence-corrected chi connectivity index (χ0v) is 16.0. The predicted molar refractivity (Wildman–Crippen MR) is 98.8 cm³/mol. The van der Waals surface area contributed by atoms with Gasteiger partial charge in [-0.25, -0.2) is 0 Å². The van der Waals surface area contributed by atoms with E-state index in [-0.39, 0.29) is 12.5 Å². The van der Waals surface area contributed by atoms with Crippen molar-refractivity contribution in [2.45, 2.75) is 25.7 Å². The number of ether oxygens (including phenoxy) is 1. The van der Waals surface area contributed by atoms with Gasteiger partial charge in [0.2, 0.25) is 5.91 Å². The fraction of sp³-hybridized carbons (Fsp3) is 0.526. The van der Waals surface area contributed by atoms with Crippen LogP contribution in [0.5, 0.6) is 0 Å². The predicted octanol–water partition coefficient (Wildman–Crippen LogP) is 2.05. The van der Waals surface area contributed by atoms with Gasteiger partial charge in [-0.1, -0.05) is 0 Å². The molecule has 1 amide bonds. The number of nitrogens with zero attached hydrogens (tertiary/aromatic N) is 5. The highest BCUT2D eigenvalue weighted by Crippen LogP contribution is 2.27. The minimum Gasteiger partial charge on any atom is -0.379 e. The molecule has 1 fully saturated rings. The lowest BCUT2D eigenvalue weighted by atomic mass is 10.2. The monoisotopic (exact) mass is 411 g/mol. The number of hydrogen-bond acceptors (Lipinski definition) is 5. The first-order valence-corrected chi connectivity index (χ1v) is 9.49. The number of amides is 1. The van der Waals surface area contributed by atoms with Crippen molar-refractivity contribution in [1.82, 2.24) is 24.6 Å². The molecule has 0 unspecified atom stereocenters. The largest absolute Gasteiger partial charge is 0.435 e. The van der Waals surface area contributed by atoms with E-state index in [1.807, 2.05) is 12.1 Å². The smallest absolute Gasteiger partial charge is 0.379 e. The lowest BCUT2D eigenvalue weighted by molar-refractivity contribution is -0.142. The number of pyridine rings is 1. The van der Waals surface area contributed by atoms with E-state index >= 15 is 0 Å². The third-order valence-corrected chi connectivity index (χ3v) is 4.71. The Kier molecular flexibility index (Phi) is 7.21. The van der Waals surface area contributed by atoms with Crippen LogP contribution in [0.25, 0.3) is 0 Å². The Bertz CT molecular complexity index is 776. The van der Waals surface area contributed by atoms with Crippen molar-refractivity contribution in [3.8, 4) is 0 Å². The average molecular weight is 411 g/mol. The first-order valence-electron chi connectivity index (χ1n) is 9.49. The summed E-state index contributed by atoms with van der Waals surface area (Å²) in [5, 5.41) is 3.48.